The molecule has 2 atom stereocenters. The number of nitrogens with zero attached hydrogens (tertiary/aromatic N) is 2. The van der Waals surface area contributed by atoms with Crippen LogP contribution in [0.5, 0.6) is 5.75 Å². The number of benzene rings is 1. The lowest BCUT2D eigenvalue weighted by Gasteiger charge is -2.33. The molecule has 0 bridgehead atoms. The van der Waals surface area contributed by atoms with E-state index in [2.05, 4.69) is 25.6 Å². The molecule has 8 nitrogen and oxygen atoms in total. The summed E-state index contributed by atoms with van der Waals surface area (Å²) in [6, 6.07) is 4.47. The Bertz CT molecular complexity index is 976. The van der Waals surface area contributed by atoms with Crippen molar-refractivity contribution in [2.75, 3.05) is 13.2 Å². The number of aromatic nitrogens is 2. The molecule has 0 unspecified atom stereocenters. The molecule has 33 heavy (non-hydrogen) atoms. The summed E-state index contributed by atoms with van der Waals surface area (Å²) in [6.07, 6.45) is -3.80. The summed E-state index contributed by atoms with van der Waals surface area (Å²) in [5.74, 6) is 0.648. The van der Waals surface area contributed by atoms with Gasteiger partial charge >= 0.3 is 6.36 Å². The van der Waals surface area contributed by atoms with Crippen LogP contribution < -0.4 is 15.4 Å². The van der Waals surface area contributed by atoms with E-state index in [1.54, 1.807) is 12.1 Å². The van der Waals surface area contributed by atoms with Crippen molar-refractivity contribution in [1.82, 2.24) is 20.8 Å². The highest BCUT2D eigenvalue weighted by Crippen LogP contribution is 2.41. The molecule has 1 aromatic heterocycles. The Hall–Kier alpha value is -2.08. The van der Waals surface area contributed by atoms with Crippen molar-refractivity contribution in [3.8, 4) is 5.75 Å². The molecule has 4 rings (SSSR count). The van der Waals surface area contributed by atoms with Crippen LogP contribution in [0.25, 0.3) is 0 Å². The highest BCUT2D eigenvalue weighted by Gasteiger charge is 2.42. The Labute approximate surface area is 197 Å². The Morgan fingerprint density at radius 1 is 1.18 bits per heavy atom. The zero-order chi connectivity index (χ0) is 23.6. The predicted molar refractivity (Wildman–Crippen MR) is 111 cm³/mol. The van der Waals surface area contributed by atoms with E-state index in [4.69, 9.17) is 32.4 Å². The zero-order valence-corrected chi connectivity index (χ0v) is 18.7. The zero-order valence-electron chi connectivity index (χ0n) is 17.2. The number of piperidine rings is 1. The molecule has 2 aromatic rings. The maximum absolute atomic E-state index is 12.2. The average Bonchev–Trinajstić information content (AvgIpc) is 3.21. The van der Waals surface area contributed by atoms with E-state index < -0.39 is 12.5 Å². The summed E-state index contributed by atoms with van der Waals surface area (Å²) in [7, 11) is 0. The summed E-state index contributed by atoms with van der Waals surface area (Å²) in [5, 5.41) is 14.9. The second-order valence-corrected chi connectivity index (χ2v) is 8.81. The number of carbonyl (C=O) groups is 1. The van der Waals surface area contributed by atoms with Crippen LogP contribution >= 0.6 is 23.2 Å². The molecule has 2 heterocycles. The fourth-order valence-electron chi connectivity index (χ4n) is 3.78. The van der Waals surface area contributed by atoms with Gasteiger partial charge in [0.2, 0.25) is 11.8 Å². The number of amides is 1. The Kier molecular flexibility index (Phi) is 7.32. The first-order valence-electron chi connectivity index (χ1n) is 10.3. The fraction of sp³-hybridized carbons (Fsp3) is 0.550. The molecule has 2 N–H and O–H groups in total. The lowest BCUT2D eigenvalue weighted by Crippen LogP contribution is -2.48. The van der Waals surface area contributed by atoms with Crippen molar-refractivity contribution >= 4 is 29.1 Å². The first kappa shape index (κ1) is 24.1. The lowest BCUT2D eigenvalue weighted by molar-refractivity contribution is -0.352. The minimum atomic E-state index is -4.64. The van der Waals surface area contributed by atoms with E-state index in [1.807, 2.05) is 0 Å². The van der Waals surface area contributed by atoms with Crippen LogP contribution in [0.1, 0.15) is 49.4 Å². The van der Waals surface area contributed by atoms with Gasteiger partial charge in [-0.05, 0) is 37.8 Å². The molecule has 2 aliphatic rings. The van der Waals surface area contributed by atoms with Crippen molar-refractivity contribution in [3.63, 3.8) is 0 Å². The number of alkyl halides is 3. The maximum Gasteiger partial charge on any atom is 0.522 e. The van der Waals surface area contributed by atoms with E-state index in [0.29, 0.717) is 47.0 Å². The predicted octanol–water partition coefficient (Wildman–Crippen LogP) is 4.15. The molecule has 1 aliphatic carbocycles. The van der Waals surface area contributed by atoms with Gasteiger partial charge in [-0.2, -0.15) is 0 Å². The van der Waals surface area contributed by atoms with Crippen LogP contribution in [-0.2, 0) is 9.53 Å². The average molecular weight is 509 g/mol. The topological polar surface area (TPSA) is 98.5 Å². The van der Waals surface area contributed by atoms with Crippen LogP contribution in [-0.4, -0.2) is 47.8 Å². The molecular weight excluding hydrogens is 488 g/mol. The van der Waals surface area contributed by atoms with Gasteiger partial charge in [-0.3, -0.25) is 9.53 Å². The van der Waals surface area contributed by atoms with Gasteiger partial charge in [0, 0.05) is 24.6 Å². The smallest absolute Gasteiger partial charge is 0.484 e. The summed E-state index contributed by atoms with van der Waals surface area (Å²) in [4.78, 5) is 12.2. The monoisotopic (exact) mass is 508 g/mol. The van der Waals surface area contributed by atoms with Crippen molar-refractivity contribution in [2.24, 2.45) is 0 Å². The molecule has 13 heteroatoms. The maximum atomic E-state index is 12.2. The first-order valence-corrected chi connectivity index (χ1v) is 11.1. The molecular formula is C20H21Cl2F3N4O4. The molecule has 1 aliphatic heterocycles. The van der Waals surface area contributed by atoms with Gasteiger partial charge < -0.3 is 19.8 Å². The van der Waals surface area contributed by atoms with Gasteiger partial charge in [-0.1, -0.05) is 23.2 Å². The normalized spacial score (nSPS) is 25.4. The number of hydrogen-bond donors (Lipinski definition) is 2. The van der Waals surface area contributed by atoms with Crippen LogP contribution in [0.3, 0.4) is 0 Å². The SMILES string of the molecule is O=C(COc1ccc(Cl)c(Cl)c1)N[C@H]1CC[C@H](c2nnc(C3CC(OC(F)(F)F)C3)o2)NC1. The standard InChI is InChI=1S/C20H21Cl2F3N4O4/c21-14-3-2-12(7-15(14)22)31-9-17(30)27-11-1-4-16(26-8-11)19-29-28-18(32-19)10-5-13(6-10)33-20(23,24)25/h2-3,7,10-11,13,16,26H,1,4-6,8-9H2,(H,27,30)/t10?,11-,13?,16+/m0/s1. The number of rotatable bonds is 7. The molecule has 1 amide bonds. The van der Waals surface area contributed by atoms with E-state index in [0.717, 1.165) is 0 Å². The quantitative estimate of drug-likeness (QED) is 0.579. The van der Waals surface area contributed by atoms with Gasteiger partial charge in [0.1, 0.15) is 5.75 Å². The Morgan fingerprint density at radius 2 is 1.94 bits per heavy atom. The minimum absolute atomic E-state index is 0.0968. The van der Waals surface area contributed by atoms with Gasteiger partial charge in [-0.15, -0.1) is 23.4 Å². The third-order valence-corrected chi connectivity index (χ3v) is 6.28. The van der Waals surface area contributed by atoms with E-state index >= 15 is 0 Å². The van der Waals surface area contributed by atoms with Gasteiger partial charge in [0.25, 0.3) is 5.91 Å². The van der Waals surface area contributed by atoms with Crippen LogP contribution in [0.15, 0.2) is 22.6 Å². The molecule has 1 saturated carbocycles. The molecule has 180 valence electrons. The van der Waals surface area contributed by atoms with Crippen molar-refractivity contribution in [2.45, 2.75) is 56.2 Å². The van der Waals surface area contributed by atoms with Gasteiger partial charge in [0.05, 0.1) is 22.2 Å². The third-order valence-electron chi connectivity index (χ3n) is 5.54. The van der Waals surface area contributed by atoms with Crippen LogP contribution in [0.2, 0.25) is 10.0 Å². The third kappa shape index (κ3) is 6.50. The number of carbonyl (C=O) groups excluding carboxylic acids is 1. The summed E-state index contributed by atoms with van der Waals surface area (Å²) < 4.78 is 51.8. The highest BCUT2D eigenvalue weighted by molar-refractivity contribution is 6.42. The minimum Gasteiger partial charge on any atom is -0.484 e. The number of ether oxygens (including phenoxy) is 2. The second-order valence-electron chi connectivity index (χ2n) is 8.00. The molecule has 1 saturated heterocycles. The summed E-state index contributed by atoms with van der Waals surface area (Å²) in [6.45, 7) is 0.331. The fourth-order valence-corrected chi connectivity index (χ4v) is 4.07. The van der Waals surface area contributed by atoms with Gasteiger partial charge in [-0.25, -0.2) is 0 Å². The lowest BCUT2D eigenvalue weighted by atomic mass is 9.82. The van der Waals surface area contributed by atoms with E-state index in [1.165, 1.54) is 6.07 Å². The van der Waals surface area contributed by atoms with Crippen LogP contribution in [0, 0.1) is 0 Å². The Balaban J connectivity index is 1.18. The van der Waals surface area contributed by atoms with Crippen molar-refractivity contribution in [1.29, 1.82) is 0 Å². The molecule has 1 aromatic carbocycles. The summed E-state index contributed by atoms with van der Waals surface area (Å²) in [5.41, 5.74) is 0. The number of halogens is 5. The number of hydrogen-bond acceptors (Lipinski definition) is 7. The molecule has 2 fully saturated rings. The molecule has 0 radical (unpaired) electrons. The largest absolute Gasteiger partial charge is 0.522 e. The van der Waals surface area contributed by atoms with Gasteiger partial charge in [0.15, 0.2) is 6.61 Å². The molecule has 0 spiro atoms. The van der Waals surface area contributed by atoms with Crippen molar-refractivity contribution < 1.29 is 31.9 Å². The first-order chi connectivity index (χ1) is 15.7. The van der Waals surface area contributed by atoms with Crippen molar-refractivity contribution in [3.05, 3.63) is 40.0 Å². The second kappa shape index (κ2) is 10.0. The summed E-state index contributed by atoms with van der Waals surface area (Å²) >= 11 is 11.8. The Morgan fingerprint density at radius 3 is 2.61 bits per heavy atom. The van der Waals surface area contributed by atoms with E-state index in [-0.39, 0.29) is 43.4 Å². The van der Waals surface area contributed by atoms with Crippen LogP contribution in [0.4, 0.5) is 13.2 Å². The number of nitrogens with one attached hydrogen (secondary N) is 2. The highest BCUT2D eigenvalue weighted by atomic mass is 35.5. The van der Waals surface area contributed by atoms with E-state index in [9.17, 15) is 18.0 Å².